The minimum Gasteiger partial charge on any atom is -0.618 e. The molecule has 194 valence electrons. The van der Waals surface area contributed by atoms with Gasteiger partial charge in [0.05, 0.1) is 16.1 Å². The number of carbonyl (C=O) groups is 2. The number of Topliss-reactive ketones (excluding diaryl/α,β-unsaturated/α-hetero) is 1. The highest BCUT2D eigenvalue weighted by atomic mass is 35.5. The molecule has 1 fully saturated rings. The van der Waals surface area contributed by atoms with Crippen LogP contribution in [0.15, 0.2) is 54.7 Å². The van der Waals surface area contributed by atoms with Crippen molar-refractivity contribution in [3.05, 3.63) is 93.2 Å². The lowest BCUT2D eigenvalue weighted by molar-refractivity contribution is -0.614. The van der Waals surface area contributed by atoms with E-state index in [2.05, 4.69) is 0 Å². The van der Waals surface area contributed by atoms with Gasteiger partial charge in [-0.2, -0.15) is 4.73 Å². The van der Waals surface area contributed by atoms with Crippen LogP contribution in [-0.4, -0.2) is 23.0 Å². The zero-order valence-corrected chi connectivity index (χ0v) is 20.1. The minimum atomic E-state index is -3.02. The second kappa shape index (κ2) is 10.9. The van der Waals surface area contributed by atoms with E-state index in [9.17, 15) is 32.4 Å². The number of benzene rings is 2. The van der Waals surface area contributed by atoms with Gasteiger partial charge in [0, 0.05) is 23.6 Å². The highest BCUT2D eigenvalue weighted by molar-refractivity contribution is 6.31. The van der Waals surface area contributed by atoms with Gasteiger partial charge in [0.2, 0.25) is 5.69 Å². The number of carbonyl (C=O) groups excluding carboxylic acids is 1. The molecule has 0 radical (unpaired) electrons. The van der Waals surface area contributed by atoms with Crippen molar-refractivity contribution >= 4 is 23.4 Å². The fraction of sp³-hybridized carbons (Fsp3) is 0.296. The fourth-order valence-corrected chi connectivity index (χ4v) is 4.80. The first-order valence-corrected chi connectivity index (χ1v) is 11.9. The van der Waals surface area contributed by atoms with Crippen molar-refractivity contribution in [2.24, 2.45) is 5.92 Å². The van der Waals surface area contributed by atoms with Crippen LogP contribution < -0.4 is 4.73 Å². The molecular formula is C27H22ClF4NO4. The molecule has 0 spiro atoms. The number of hydrogen-bond donors (Lipinski definition) is 1. The molecule has 1 atom stereocenters. The quantitative estimate of drug-likeness (QED) is 0.194. The molecule has 1 N–H and O–H groups in total. The zero-order valence-electron chi connectivity index (χ0n) is 19.3. The summed E-state index contributed by atoms with van der Waals surface area (Å²) >= 11 is 5.79. The maximum atomic E-state index is 14.7. The predicted molar refractivity (Wildman–Crippen MR) is 128 cm³/mol. The van der Waals surface area contributed by atoms with Crippen LogP contribution >= 0.6 is 11.6 Å². The topological polar surface area (TPSA) is 81.3 Å². The van der Waals surface area contributed by atoms with Crippen LogP contribution in [-0.2, 0) is 11.2 Å². The number of carboxylic acids is 1. The summed E-state index contributed by atoms with van der Waals surface area (Å²) in [4.78, 5) is 24.4. The molecule has 1 saturated carbocycles. The molecule has 1 unspecified atom stereocenters. The van der Waals surface area contributed by atoms with Gasteiger partial charge >= 0.3 is 5.97 Å². The minimum absolute atomic E-state index is 0.0271. The highest BCUT2D eigenvalue weighted by Gasteiger charge is 2.37. The molecule has 5 nitrogen and oxygen atoms in total. The first-order valence-electron chi connectivity index (χ1n) is 11.5. The number of alkyl halides is 3. The van der Waals surface area contributed by atoms with Gasteiger partial charge < -0.3 is 10.3 Å². The first-order chi connectivity index (χ1) is 17.5. The van der Waals surface area contributed by atoms with E-state index in [0.29, 0.717) is 10.3 Å². The van der Waals surface area contributed by atoms with Crippen molar-refractivity contribution in [1.82, 2.24) is 0 Å². The van der Waals surface area contributed by atoms with Crippen LogP contribution in [0.5, 0.6) is 0 Å². The molecule has 0 bridgehead atoms. The third-order valence-corrected chi connectivity index (χ3v) is 6.96. The van der Waals surface area contributed by atoms with E-state index in [0.717, 1.165) is 18.3 Å². The molecule has 0 saturated heterocycles. The van der Waals surface area contributed by atoms with E-state index in [4.69, 9.17) is 16.7 Å². The molecular weight excluding hydrogens is 514 g/mol. The van der Waals surface area contributed by atoms with E-state index in [1.807, 2.05) is 0 Å². The number of aromatic carboxylic acids is 1. The van der Waals surface area contributed by atoms with Gasteiger partial charge in [0.25, 0.3) is 6.43 Å². The van der Waals surface area contributed by atoms with E-state index in [1.165, 1.54) is 36.4 Å². The normalized spacial score (nSPS) is 17.9. The molecule has 0 amide bonds. The van der Waals surface area contributed by atoms with Crippen molar-refractivity contribution in [2.75, 3.05) is 0 Å². The average molecular weight is 536 g/mol. The number of carboxylic acid groups (broad SMARTS) is 1. The van der Waals surface area contributed by atoms with Crippen molar-refractivity contribution < 1.29 is 37.0 Å². The molecule has 3 aromatic rings. The number of aromatic nitrogens is 1. The standard InChI is InChI=1S/C27H22ClF4NO4/c28-21-7-6-19(26(31)32)24(25(21)30)17-5-8-22(33(37)13-17)20(11-15-9-18(29)10-15)23(34)12-14-1-3-16(4-2-14)27(35)36/h1-8,13,15,18,20,26H,9-12H2,(H,35,36). The van der Waals surface area contributed by atoms with Crippen LogP contribution in [0.4, 0.5) is 17.6 Å². The van der Waals surface area contributed by atoms with Crippen LogP contribution in [0.1, 0.15) is 58.8 Å². The molecule has 4 rings (SSSR count). The molecule has 10 heteroatoms. The summed E-state index contributed by atoms with van der Waals surface area (Å²) in [5, 5.41) is 21.7. The number of halogens is 5. The maximum absolute atomic E-state index is 14.7. The van der Waals surface area contributed by atoms with Gasteiger partial charge in [-0.15, -0.1) is 0 Å². The molecule has 0 aliphatic heterocycles. The molecule has 2 aromatic carbocycles. The zero-order chi connectivity index (χ0) is 26.9. The summed E-state index contributed by atoms with van der Waals surface area (Å²) in [7, 11) is 0. The van der Waals surface area contributed by atoms with Gasteiger partial charge in [0.1, 0.15) is 17.9 Å². The van der Waals surface area contributed by atoms with Crippen molar-refractivity contribution in [2.45, 2.75) is 44.2 Å². The summed E-state index contributed by atoms with van der Waals surface area (Å²) in [5.41, 5.74) is -0.639. The monoisotopic (exact) mass is 535 g/mol. The average Bonchev–Trinajstić information content (AvgIpc) is 2.83. The van der Waals surface area contributed by atoms with E-state index in [1.54, 1.807) is 0 Å². The number of pyridine rings is 1. The Kier molecular flexibility index (Phi) is 7.82. The number of rotatable bonds is 9. The van der Waals surface area contributed by atoms with E-state index in [-0.39, 0.29) is 59.2 Å². The Bertz CT molecular complexity index is 1330. The summed E-state index contributed by atoms with van der Waals surface area (Å²) < 4.78 is 55.6. The SMILES string of the molecule is O=C(O)c1ccc(CC(=O)C(CC2CC(F)C2)c2ccc(-c3c(C(F)F)ccc(Cl)c3F)c[n+]2[O-])cc1. The number of ketones is 1. The van der Waals surface area contributed by atoms with E-state index >= 15 is 0 Å². The summed E-state index contributed by atoms with van der Waals surface area (Å²) in [5.74, 6) is -3.59. The number of nitrogens with zero attached hydrogens (tertiary/aromatic N) is 1. The van der Waals surface area contributed by atoms with Crippen molar-refractivity contribution in [3.63, 3.8) is 0 Å². The number of hydrogen-bond acceptors (Lipinski definition) is 3. The van der Waals surface area contributed by atoms with Crippen LogP contribution in [0.3, 0.4) is 0 Å². The fourth-order valence-electron chi connectivity index (χ4n) is 4.64. The van der Waals surface area contributed by atoms with Crippen LogP contribution in [0, 0.1) is 16.9 Å². The Balaban J connectivity index is 1.67. The van der Waals surface area contributed by atoms with E-state index < -0.39 is 41.4 Å². The summed E-state index contributed by atoms with van der Waals surface area (Å²) in [6.45, 7) is 0. The first kappa shape index (κ1) is 26.6. The summed E-state index contributed by atoms with van der Waals surface area (Å²) in [6, 6.07) is 10.3. The van der Waals surface area contributed by atoms with Gasteiger partial charge in [-0.1, -0.05) is 29.8 Å². The third kappa shape index (κ3) is 5.77. The lowest BCUT2D eigenvalue weighted by Crippen LogP contribution is -2.38. The maximum Gasteiger partial charge on any atom is 0.335 e. The van der Waals surface area contributed by atoms with Gasteiger partial charge in [0.15, 0.2) is 12.0 Å². The molecule has 1 aliphatic rings. The molecule has 1 heterocycles. The smallest absolute Gasteiger partial charge is 0.335 e. The molecule has 1 aromatic heterocycles. The Morgan fingerprint density at radius 1 is 1.08 bits per heavy atom. The third-order valence-electron chi connectivity index (χ3n) is 6.67. The van der Waals surface area contributed by atoms with Crippen LogP contribution in [0.25, 0.3) is 11.1 Å². The van der Waals surface area contributed by atoms with Crippen molar-refractivity contribution in [1.29, 1.82) is 0 Å². The van der Waals surface area contributed by atoms with Crippen molar-refractivity contribution in [3.8, 4) is 11.1 Å². The van der Waals surface area contributed by atoms with Gasteiger partial charge in [-0.3, -0.25) is 4.79 Å². The molecule has 1 aliphatic carbocycles. The second-order valence-electron chi connectivity index (χ2n) is 9.16. The Morgan fingerprint density at radius 2 is 1.76 bits per heavy atom. The lowest BCUT2D eigenvalue weighted by atomic mass is 9.75. The Morgan fingerprint density at radius 3 is 2.32 bits per heavy atom. The van der Waals surface area contributed by atoms with Gasteiger partial charge in [-0.25, -0.2) is 22.4 Å². The Labute approximate surface area is 214 Å². The van der Waals surface area contributed by atoms with Gasteiger partial charge in [-0.05, 0) is 55.0 Å². The second-order valence-corrected chi connectivity index (χ2v) is 9.57. The molecule has 37 heavy (non-hydrogen) atoms. The predicted octanol–water partition coefficient (Wildman–Crippen LogP) is 6.45. The highest BCUT2D eigenvalue weighted by Crippen LogP contribution is 2.39. The Hall–Kier alpha value is -3.46. The largest absolute Gasteiger partial charge is 0.618 e. The lowest BCUT2D eigenvalue weighted by Gasteiger charge is -2.31. The van der Waals surface area contributed by atoms with Crippen LogP contribution in [0.2, 0.25) is 5.02 Å². The summed E-state index contributed by atoms with van der Waals surface area (Å²) in [6.07, 6.45) is -2.42.